The maximum absolute atomic E-state index is 12.9. The Bertz CT molecular complexity index is 990. The summed E-state index contributed by atoms with van der Waals surface area (Å²) in [6, 6.07) is 12.0. The highest BCUT2D eigenvalue weighted by Gasteiger charge is 2.35. The first-order valence-corrected chi connectivity index (χ1v) is 10.6. The van der Waals surface area contributed by atoms with Crippen molar-refractivity contribution >= 4 is 27.3 Å². The number of aryl methyl sites for hydroxylation is 1. The van der Waals surface area contributed by atoms with Crippen molar-refractivity contribution < 1.29 is 22.4 Å². The fraction of sp³-hybridized carbons (Fsp3) is 0.300. The minimum Gasteiger partial charge on any atom is -0.355 e. The Labute approximate surface area is 163 Å². The molecule has 1 saturated heterocycles. The van der Waals surface area contributed by atoms with Gasteiger partial charge in [0, 0.05) is 25.2 Å². The summed E-state index contributed by atoms with van der Waals surface area (Å²) >= 11 is 0. The molecule has 0 radical (unpaired) electrons. The van der Waals surface area contributed by atoms with Crippen molar-refractivity contribution in [2.45, 2.75) is 18.2 Å². The van der Waals surface area contributed by atoms with E-state index in [1.54, 1.807) is 4.90 Å². The average Bonchev–Trinajstić information content (AvgIpc) is 3.04. The number of nitrogens with one attached hydrogen (secondary N) is 1. The molecule has 2 aromatic carbocycles. The SMILES string of the molecule is Cc1ccccc1N1C[C@@H](C(=O)NCCS(=O)(=O)c2ccc(F)cc2)CC1=O. The molecule has 1 heterocycles. The lowest BCUT2D eigenvalue weighted by Crippen LogP contribution is -2.35. The molecule has 1 aliphatic rings. The normalized spacial score (nSPS) is 17.0. The number of halogens is 1. The predicted octanol–water partition coefficient (Wildman–Crippen LogP) is 2.08. The molecule has 6 nitrogen and oxygen atoms in total. The number of carbonyl (C=O) groups excluding carboxylic acids is 2. The summed E-state index contributed by atoms with van der Waals surface area (Å²) in [5.41, 5.74) is 1.73. The zero-order valence-corrected chi connectivity index (χ0v) is 16.2. The Morgan fingerprint density at radius 2 is 1.86 bits per heavy atom. The molecular weight excluding hydrogens is 383 g/mol. The predicted molar refractivity (Wildman–Crippen MR) is 103 cm³/mol. The zero-order valence-electron chi connectivity index (χ0n) is 15.4. The van der Waals surface area contributed by atoms with Crippen molar-refractivity contribution in [3.05, 3.63) is 59.9 Å². The summed E-state index contributed by atoms with van der Waals surface area (Å²) in [5.74, 6) is -1.82. The third kappa shape index (κ3) is 4.39. The molecule has 0 spiro atoms. The molecular formula is C20H21FN2O4S. The number of nitrogens with zero attached hydrogens (tertiary/aromatic N) is 1. The van der Waals surface area contributed by atoms with Gasteiger partial charge in [0.2, 0.25) is 11.8 Å². The van der Waals surface area contributed by atoms with Crippen molar-refractivity contribution in [2.75, 3.05) is 23.7 Å². The molecule has 0 saturated carbocycles. The van der Waals surface area contributed by atoms with Crippen molar-refractivity contribution in [2.24, 2.45) is 5.92 Å². The van der Waals surface area contributed by atoms with Gasteiger partial charge in [-0.1, -0.05) is 18.2 Å². The highest BCUT2D eigenvalue weighted by Crippen LogP contribution is 2.27. The van der Waals surface area contributed by atoms with Gasteiger partial charge in [0.1, 0.15) is 5.82 Å². The van der Waals surface area contributed by atoms with Crippen molar-refractivity contribution in [1.29, 1.82) is 0 Å². The molecule has 1 atom stereocenters. The van der Waals surface area contributed by atoms with Crippen LogP contribution in [0.3, 0.4) is 0 Å². The van der Waals surface area contributed by atoms with Crippen LogP contribution < -0.4 is 10.2 Å². The van der Waals surface area contributed by atoms with Gasteiger partial charge in [-0.3, -0.25) is 9.59 Å². The second-order valence-electron chi connectivity index (χ2n) is 6.76. The van der Waals surface area contributed by atoms with Crippen LogP contribution in [0.5, 0.6) is 0 Å². The largest absolute Gasteiger partial charge is 0.355 e. The highest BCUT2D eigenvalue weighted by atomic mass is 32.2. The molecule has 8 heteroatoms. The lowest BCUT2D eigenvalue weighted by atomic mass is 10.1. The zero-order chi connectivity index (χ0) is 20.3. The first-order valence-electron chi connectivity index (χ1n) is 8.90. The fourth-order valence-electron chi connectivity index (χ4n) is 3.20. The number of anilines is 1. The van der Waals surface area contributed by atoms with Crippen LogP contribution >= 0.6 is 0 Å². The van der Waals surface area contributed by atoms with Gasteiger partial charge < -0.3 is 10.2 Å². The van der Waals surface area contributed by atoms with E-state index in [0.29, 0.717) is 0 Å². The second kappa shape index (κ2) is 8.10. The van der Waals surface area contributed by atoms with Gasteiger partial charge in [0.15, 0.2) is 9.84 Å². The molecule has 1 fully saturated rings. The van der Waals surface area contributed by atoms with Crippen LogP contribution in [-0.4, -0.2) is 39.1 Å². The quantitative estimate of drug-likeness (QED) is 0.748. The van der Waals surface area contributed by atoms with Gasteiger partial charge in [-0.2, -0.15) is 0 Å². The number of hydrogen-bond acceptors (Lipinski definition) is 4. The number of rotatable bonds is 6. The van der Waals surface area contributed by atoms with E-state index < -0.39 is 21.6 Å². The van der Waals surface area contributed by atoms with E-state index in [4.69, 9.17) is 0 Å². The van der Waals surface area contributed by atoms with Crippen molar-refractivity contribution in [1.82, 2.24) is 5.32 Å². The summed E-state index contributed by atoms with van der Waals surface area (Å²) in [5, 5.41) is 2.60. The maximum Gasteiger partial charge on any atom is 0.227 e. The number of amides is 2. The summed E-state index contributed by atoms with van der Waals surface area (Å²) in [6.07, 6.45) is 0.0882. The van der Waals surface area contributed by atoms with Gasteiger partial charge in [0.25, 0.3) is 0 Å². The maximum atomic E-state index is 12.9. The van der Waals surface area contributed by atoms with Crippen molar-refractivity contribution in [3.8, 4) is 0 Å². The molecule has 148 valence electrons. The second-order valence-corrected chi connectivity index (χ2v) is 8.86. The molecule has 0 unspecified atom stereocenters. The molecule has 3 rings (SSSR count). The Morgan fingerprint density at radius 3 is 2.54 bits per heavy atom. The van der Waals surface area contributed by atoms with E-state index in [2.05, 4.69) is 5.32 Å². The molecule has 2 aromatic rings. The third-order valence-corrected chi connectivity index (χ3v) is 6.48. The average molecular weight is 404 g/mol. The van der Waals surface area contributed by atoms with Gasteiger partial charge in [-0.15, -0.1) is 0 Å². The first kappa shape index (κ1) is 20.0. The molecule has 1 aliphatic heterocycles. The Hall–Kier alpha value is -2.74. The Kier molecular flexibility index (Phi) is 5.79. The first-order chi connectivity index (χ1) is 13.3. The van der Waals surface area contributed by atoms with Gasteiger partial charge in [0.05, 0.1) is 16.6 Å². The van der Waals surface area contributed by atoms with E-state index in [-0.39, 0.29) is 42.0 Å². The number of sulfone groups is 1. The van der Waals surface area contributed by atoms with Gasteiger partial charge in [-0.25, -0.2) is 12.8 Å². The minimum atomic E-state index is -3.63. The topological polar surface area (TPSA) is 83.6 Å². The van der Waals surface area contributed by atoms with Crippen LogP contribution in [0, 0.1) is 18.7 Å². The number of carbonyl (C=O) groups is 2. The van der Waals surface area contributed by atoms with Crippen LogP contribution in [0.25, 0.3) is 0 Å². The Morgan fingerprint density at radius 1 is 1.18 bits per heavy atom. The molecule has 0 aromatic heterocycles. The van der Waals surface area contributed by atoms with Crippen molar-refractivity contribution in [3.63, 3.8) is 0 Å². The smallest absolute Gasteiger partial charge is 0.227 e. The summed E-state index contributed by atoms with van der Waals surface area (Å²) in [4.78, 5) is 26.3. The van der Waals surface area contributed by atoms with Gasteiger partial charge in [-0.05, 0) is 42.8 Å². The Balaban J connectivity index is 1.56. The van der Waals surface area contributed by atoms with E-state index in [9.17, 15) is 22.4 Å². The molecule has 1 N–H and O–H groups in total. The standard InChI is InChI=1S/C20H21FN2O4S/c1-14-4-2-3-5-18(14)23-13-15(12-19(23)24)20(25)22-10-11-28(26,27)17-8-6-16(21)7-9-17/h2-9,15H,10-13H2,1H3,(H,22,25)/t15-/m0/s1. The highest BCUT2D eigenvalue weighted by molar-refractivity contribution is 7.91. The lowest BCUT2D eigenvalue weighted by Gasteiger charge is -2.19. The number of benzene rings is 2. The summed E-state index contributed by atoms with van der Waals surface area (Å²) < 4.78 is 37.4. The number of hydrogen-bond donors (Lipinski definition) is 1. The van der Waals surface area contributed by atoms with Crippen LogP contribution in [0.2, 0.25) is 0 Å². The molecule has 2 amide bonds. The van der Waals surface area contributed by atoms with E-state index in [0.717, 1.165) is 23.4 Å². The monoisotopic (exact) mass is 404 g/mol. The van der Waals surface area contributed by atoms with Crippen LogP contribution in [-0.2, 0) is 19.4 Å². The van der Waals surface area contributed by atoms with Crippen LogP contribution in [0.15, 0.2) is 53.4 Å². The lowest BCUT2D eigenvalue weighted by molar-refractivity contribution is -0.126. The minimum absolute atomic E-state index is 0.00456. The number of para-hydroxylation sites is 1. The third-order valence-electron chi connectivity index (χ3n) is 4.74. The van der Waals surface area contributed by atoms with Gasteiger partial charge >= 0.3 is 0 Å². The van der Waals surface area contributed by atoms with E-state index >= 15 is 0 Å². The molecule has 0 aliphatic carbocycles. The van der Waals surface area contributed by atoms with Crippen LogP contribution in [0.1, 0.15) is 12.0 Å². The molecule has 0 bridgehead atoms. The molecule has 28 heavy (non-hydrogen) atoms. The van der Waals surface area contributed by atoms with E-state index in [1.807, 2.05) is 31.2 Å². The fourth-order valence-corrected chi connectivity index (χ4v) is 4.35. The summed E-state index contributed by atoms with van der Waals surface area (Å²) in [7, 11) is -3.63. The van der Waals surface area contributed by atoms with Crippen LogP contribution in [0.4, 0.5) is 10.1 Å². The summed E-state index contributed by atoms with van der Waals surface area (Å²) in [6.45, 7) is 2.09. The van der Waals surface area contributed by atoms with E-state index in [1.165, 1.54) is 12.1 Å².